The molecule has 2 aromatic rings. The molecule has 1 saturated heterocycles. The minimum Gasteiger partial charge on any atom is -0.492 e. The third kappa shape index (κ3) is 5.66. The molecule has 2 heterocycles. The number of hydrogen-bond acceptors (Lipinski definition) is 4. The third-order valence-electron chi connectivity index (χ3n) is 4.62. The van der Waals surface area contributed by atoms with Crippen LogP contribution < -0.4 is 10.1 Å². The number of nitrogens with one attached hydrogen (secondary N) is 1. The van der Waals surface area contributed by atoms with Crippen LogP contribution in [0.3, 0.4) is 0 Å². The van der Waals surface area contributed by atoms with Crippen molar-refractivity contribution >= 4 is 35.0 Å². The fraction of sp³-hybridized carbons (Fsp3) is 0.400. The van der Waals surface area contributed by atoms with E-state index in [1.54, 1.807) is 29.2 Å². The highest BCUT2D eigenvalue weighted by Gasteiger charge is 2.24. The zero-order chi connectivity index (χ0) is 19.9. The van der Waals surface area contributed by atoms with Crippen LogP contribution in [0.2, 0.25) is 10.0 Å². The van der Waals surface area contributed by atoms with Crippen LogP contribution in [0.4, 0.5) is 0 Å². The molecule has 1 fully saturated rings. The minimum absolute atomic E-state index is 0.00888. The number of piperidine rings is 1. The van der Waals surface area contributed by atoms with Gasteiger partial charge in [-0.15, -0.1) is 0 Å². The van der Waals surface area contributed by atoms with Crippen LogP contribution in [0.1, 0.15) is 36.0 Å². The molecule has 1 aliphatic heterocycles. The van der Waals surface area contributed by atoms with Crippen LogP contribution >= 0.6 is 23.2 Å². The molecule has 1 aromatic heterocycles. The average Bonchev–Trinajstić information content (AvgIpc) is 3.21. The highest BCUT2D eigenvalue weighted by molar-refractivity contribution is 6.35. The number of furan rings is 1. The zero-order valence-corrected chi connectivity index (χ0v) is 16.8. The van der Waals surface area contributed by atoms with Crippen LogP contribution in [0.5, 0.6) is 5.75 Å². The molecule has 1 aliphatic rings. The molecule has 0 aliphatic carbocycles. The van der Waals surface area contributed by atoms with E-state index in [1.807, 2.05) is 0 Å². The second kappa shape index (κ2) is 9.85. The Bertz CT molecular complexity index is 803. The first-order chi connectivity index (χ1) is 13.5. The first-order valence-electron chi connectivity index (χ1n) is 9.21. The molecule has 0 unspecified atom stereocenters. The van der Waals surface area contributed by atoms with Gasteiger partial charge in [0.2, 0.25) is 5.91 Å². The maximum absolute atomic E-state index is 12.3. The van der Waals surface area contributed by atoms with Gasteiger partial charge in [0.25, 0.3) is 5.91 Å². The highest BCUT2D eigenvalue weighted by Crippen LogP contribution is 2.27. The topological polar surface area (TPSA) is 71.8 Å². The summed E-state index contributed by atoms with van der Waals surface area (Å²) in [5.74, 6) is 0.517. The highest BCUT2D eigenvalue weighted by atomic mass is 35.5. The van der Waals surface area contributed by atoms with Crippen molar-refractivity contribution in [2.45, 2.75) is 31.7 Å². The van der Waals surface area contributed by atoms with Gasteiger partial charge in [-0.25, -0.2) is 0 Å². The molecule has 0 radical (unpaired) electrons. The summed E-state index contributed by atoms with van der Waals surface area (Å²) in [6.45, 7) is 1.63. The lowest BCUT2D eigenvalue weighted by molar-refractivity contribution is -0.122. The number of carbonyl (C=O) groups excluding carboxylic acids is 2. The number of carbonyl (C=O) groups is 2. The van der Waals surface area contributed by atoms with E-state index in [-0.39, 0.29) is 17.9 Å². The number of hydrogen-bond donors (Lipinski definition) is 1. The number of benzene rings is 1. The van der Waals surface area contributed by atoms with E-state index >= 15 is 0 Å². The van der Waals surface area contributed by atoms with Crippen LogP contribution in [-0.2, 0) is 4.79 Å². The molecule has 2 amide bonds. The van der Waals surface area contributed by atoms with E-state index in [0.717, 1.165) is 12.8 Å². The molecule has 150 valence electrons. The van der Waals surface area contributed by atoms with E-state index in [2.05, 4.69) is 5.32 Å². The SMILES string of the molecule is O=C(CCCOc1ccc(Cl)cc1Cl)NC1CCN(C(=O)c2ccoc2)CC1. The quantitative estimate of drug-likeness (QED) is 0.676. The molecular formula is C20H22Cl2N2O4. The molecule has 3 rings (SSSR count). The lowest BCUT2D eigenvalue weighted by atomic mass is 10.0. The molecule has 28 heavy (non-hydrogen) atoms. The van der Waals surface area contributed by atoms with Crippen molar-refractivity contribution in [3.8, 4) is 5.75 Å². The number of halogens is 2. The van der Waals surface area contributed by atoms with Gasteiger partial charge in [-0.2, -0.15) is 0 Å². The van der Waals surface area contributed by atoms with Gasteiger partial charge in [-0.05, 0) is 43.5 Å². The van der Waals surface area contributed by atoms with Crippen molar-refractivity contribution in [1.29, 1.82) is 0 Å². The van der Waals surface area contributed by atoms with E-state index < -0.39 is 0 Å². The zero-order valence-electron chi connectivity index (χ0n) is 15.3. The van der Waals surface area contributed by atoms with E-state index in [0.29, 0.717) is 53.9 Å². The maximum Gasteiger partial charge on any atom is 0.257 e. The summed E-state index contributed by atoms with van der Waals surface area (Å²) in [5, 5.41) is 4.04. The minimum atomic E-state index is -0.0310. The van der Waals surface area contributed by atoms with Gasteiger partial charge >= 0.3 is 0 Å². The predicted octanol–water partition coefficient (Wildman–Crippen LogP) is 4.17. The van der Waals surface area contributed by atoms with Gasteiger partial charge in [0.05, 0.1) is 23.5 Å². The number of ether oxygens (including phenoxy) is 1. The van der Waals surface area contributed by atoms with Crippen LogP contribution in [-0.4, -0.2) is 42.5 Å². The monoisotopic (exact) mass is 424 g/mol. The van der Waals surface area contributed by atoms with Gasteiger partial charge in [-0.1, -0.05) is 23.2 Å². The smallest absolute Gasteiger partial charge is 0.257 e. The second-order valence-electron chi connectivity index (χ2n) is 6.67. The summed E-state index contributed by atoms with van der Waals surface area (Å²) < 4.78 is 10.5. The Balaban J connectivity index is 1.33. The second-order valence-corrected chi connectivity index (χ2v) is 7.52. The molecule has 0 bridgehead atoms. The summed E-state index contributed by atoms with van der Waals surface area (Å²) in [6.07, 6.45) is 5.39. The summed E-state index contributed by atoms with van der Waals surface area (Å²) >= 11 is 11.9. The van der Waals surface area contributed by atoms with E-state index in [1.165, 1.54) is 12.5 Å². The van der Waals surface area contributed by atoms with Crippen molar-refractivity contribution in [2.75, 3.05) is 19.7 Å². The molecule has 1 aromatic carbocycles. The lowest BCUT2D eigenvalue weighted by Gasteiger charge is -2.32. The van der Waals surface area contributed by atoms with E-state index in [9.17, 15) is 9.59 Å². The number of rotatable bonds is 7. The number of likely N-dealkylation sites (tertiary alicyclic amines) is 1. The van der Waals surface area contributed by atoms with Crippen molar-refractivity contribution in [3.05, 3.63) is 52.4 Å². The Labute approximate surface area is 173 Å². The molecule has 6 nitrogen and oxygen atoms in total. The predicted molar refractivity (Wildman–Crippen MR) is 107 cm³/mol. The molecule has 0 saturated carbocycles. The largest absolute Gasteiger partial charge is 0.492 e. The van der Waals surface area contributed by atoms with Gasteiger partial charge in [-0.3, -0.25) is 9.59 Å². The van der Waals surface area contributed by atoms with Crippen LogP contribution in [0.25, 0.3) is 0 Å². The third-order valence-corrected chi connectivity index (χ3v) is 5.15. The number of amides is 2. The summed E-state index contributed by atoms with van der Waals surface area (Å²) in [4.78, 5) is 26.2. The van der Waals surface area contributed by atoms with Crippen LogP contribution in [0, 0.1) is 0 Å². The van der Waals surface area contributed by atoms with Crippen LogP contribution in [0.15, 0.2) is 41.2 Å². The Hall–Kier alpha value is -2.18. The summed E-state index contributed by atoms with van der Waals surface area (Å²) in [5.41, 5.74) is 0.559. The lowest BCUT2D eigenvalue weighted by Crippen LogP contribution is -2.46. The van der Waals surface area contributed by atoms with Gasteiger partial charge < -0.3 is 19.4 Å². The van der Waals surface area contributed by atoms with Crippen molar-refractivity contribution in [3.63, 3.8) is 0 Å². The normalized spacial score (nSPS) is 14.7. The Morgan fingerprint density at radius 1 is 1.21 bits per heavy atom. The Morgan fingerprint density at radius 3 is 2.68 bits per heavy atom. The van der Waals surface area contributed by atoms with Gasteiger partial charge in [0, 0.05) is 30.6 Å². The standard InChI is InChI=1S/C20H22Cl2N2O4/c21-15-3-4-18(17(22)12-15)28-10-1-2-19(25)23-16-5-8-24(9-6-16)20(26)14-7-11-27-13-14/h3-4,7,11-13,16H,1-2,5-6,8-10H2,(H,23,25). The summed E-state index contributed by atoms with van der Waals surface area (Å²) in [7, 11) is 0. The molecular weight excluding hydrogens is 403 g/mol. The molecule has 0 spiro atoms. The van der Waals surface area contributed by atoms with Crippen molar-refractivity contribution in [1.82, 2.24) is 10.2 Å². The number of nitrogens with zero attached hydrogens (tertiary/aromatic N) is 1. The molecule has 1 N–H and O–H groups in total. The van der Waals surface area contributed by atoms with Gasteiger partial charge in [0.15, 0.2) is 0 Å². The fourth-order valence-corrected chi connectivity index (χ4v) is 3.57. The van der Waals surface area contributed by atoms with Gasteiger partial charge in [0.1, 0.15) is 12.0 Å². The van der Waals surface area contributed by atoms with E-state index in [4.69, 9.17) is 32.4 Å². The molecule has 0 atom stereocenters. The fourth-order valence-electron chi connectivity index (χ4n) is 3.10. The Morgan fingerprint density at radius 2 is 2.00 bits per heavy atom. The Kier molecular flexibility index (Phi) is 7.23. The molecule has 8 heteroatoms. The van der Waals surface area contributed by atoms with Crippen molar-refractivity contribution < 1.29 is 18.7 Å². The average molecular weight is 425 g/mol. The summed E-state index contributed by atoms with van der Waals surface area (Å²) in [6, 6.07) is 6.79. The first-order valence-corrected chi connectivity index (χ1v) is 9.97. The maximum atomic E-state index is 12.3. The van der Waals surface area contributed by atoms with Crippen molar-refractivity contribution in [2.24, 2.45) is 0 Å². The first kappa shape index (κ1) is 20.6.